The van der Waals surface area contributed by atoms with Gasteiger partial charge in [-0.05, 0) is 26.2 Å². The van der Waals surface area contributed by atoms with Gasteiger partial charge in [-0.1, -0.05) is 17.2 Å². The predicted molar refractivity (Wildman–Crippen MR) is 44.3 cm³/mol. The van der Waals surface area contributed by atoms with E-state index in [-0.39, 0.29) is 0 Å². The van der Waals surface area contributed by atoms with Crippen LogP contribution in [0.2, 0.25) is 0 Å². The standard InChI is InChI=1S/C10H12O/c1-7-5-8-3-2-4-10(11)9(8)6-7/h6H,2-5H2,1H3. The van der Waals surface area contributed by atoms with Crippen LogP contribution in [0.4, 0.5) is 0 Å². The van der Waals surface area contributed by atoms with E-state index in [1.807, 2.05) is 0 Å². The molecule has 0 atom stereocenters. The van der Waals surface area contributed by atoms with Crippen molar-refractivity contribution in [1.82, 2.24) is 0 Å². The van der Waals surface area contributed by atoms with Crippen LogP contribution in [0.25, 0.3) is 0 Å². The van der Waals surface area contributed by atoms with Gasteiger partial charge in [-0.25, -0.2) is 0 Å². The molecule has 0 N–H and O–H groups in total. The number of hydrogen-bond donors (Lipinski definition) is 0. The van der Waals surface area contributed by atoms with Gasteiger partial charge < -0.3 is 0 Å². The maximum absolute atomic E-state index is 11.3. The van der Waals surface area contributed by atoms with Gasteiger partial charge in [0.05, 0.1) is 0 Å². The zero-order chi connectivity index (χ0) is 7.84. The molecule has 0 amide bonds. The molecule has 0 aromatic carbocycles. The van der Waals surface area contributed by atoms with Crippen LogP contribution < -0.4 is 0 Å². The molecule has 0 heterocycles. The zero-order valence-electron chi connectivity index (χ0n) is 6.81. The summed E-state index contributed by atoms with van der Waals surface area (Å²) in [5, 5.41) is 0. The second-order valence-corrected chi connectivity index (χ2v) is 3.46. The van der Waals surface area contributed by atoms with Gasteiger partial charge in [0.2, 0.25) is 0 Å². The third-order valence-corrected chi connectivity index (χ3v) is 2.45. The summed E-state index contributed by atoms with van der Waals surface area (Å²) in [6.45, 7) is 2.10. The Labute approximate surface area is 66.8 Å². The molecular formula is C10H12O. The summed E-state index contributed by atoms with van der Waals surface area (Å²) in [7, 11) is 0. The summed E-state index contributed by atoms with van der Waals surface area (Å²) in [6, 6.07) is 0. The number of Topliss-reactive ketones (excluding diaryl/α,β-unsaturated/α-hetero) is 1. The smallest absolute Gasteiger partial charge is 0.162 e. The van der Waals surface area contributed by atoms with Crippen molar-refractivity contribution in [2.24, 2.45) is 0 Å². The van der Waals surface area contributed by atoms with Crippen LogP contribution in [0.3, 0.4) is 0 Å². The van der Waals surface area contributed by atoms with E-state index in [9.17, 15) is 4.79 Å². The predicted octanol–water partition coefficient (Wildman–Crippen LogP) is 2.39. The molecule has 0 aromatic rings. The van der Waals surface area contributed by atoms with E-state index in [0.717, 1.165) is 31.3 Å². The van der Waals surface area contributed by atoms with Gasteiger partial charge in [-0.3, -0.25) is 4.79 Å². The summed E-state index contributed by atoms with van der Waals surface area (Å²) < 4.78 is 0. The van der Waals surface area contributed by atoms with E-state index < -0.39 is 0 Å². The third-order valence-electron chi connectivity index (χ3n) is 2.45. The van der Waals surface area contributed by atoms with Crippen LogP contribution in [-0.4, -0.2) is 5.78 Å². The van der Waals surface area contributed by atoms with Crippen LogP contribution in [0.15, 0.2) is 22.8 Å². The van der Waals surface area contributed by atoms with Crippen molar-refractivity contribution in [3.05, 3.63) is 22.8 Å². The van der Waals surface area contributed by atoms with E-state index >= 15 is 0 Å². The minimum atomic E-state index is 0.364. The maximum Gasteiger partial charge on any atom is 0.162 e. The van der Waals surface area contributed by atoms with Gasteiger partial charge in [0, 0.05) is 12.0 Å². The van der Waals surface area contributed by atoms with Crippen molar-refractivity contribution in [1.29, 1.82) is 0 Å². The number of rotatable bonds is 0. The molecule has 0 bridgehead atoms. The molecular weight excluding hydrogens is 136 g/mol. The van der Waals surface area contributed by atoms with Crippen molar-refractivity contribution < 1.29 is 4.79 Å². The summed E-state index contributed by atoms with van der Waals surface area (Å²) in [5.74, 6) is 0.364. The van der Waals surface area contributed by atoms with E-state index in [1.54, 1.807) is 0 Å². The topological polar surface area (TPSA) is 17.1 Å². The number of allylic oxidation sites excluding steroid dienone is 4. The first-order valence-corrected chi connectivity index (χ1v) is 4.20. The Bertz CT molecular complexity index is 269. The maximum atomic E-state index is 11.3. The Morgan fingerprint density at radius 3 is 2.91 bits per heavy atom. The number of hydrogen-bond acceptors (Lipinski definition) is 1. The fourth-order valence-electron chi connectivity index (χ4n) is 1.93. The molecule has 0 aromatic heterocycles. The molecule has 0 unspecified atom stereocenters. The Hall–Kier alpha value is -0.850. The van der Waals surface area contributed by atoms with Gasteiger partial charge in [0.15, 0.2) is 5.78 Å². The highest BCUT2D eigenvalue weighted by atomic mass is 16.1. The minimum Gasteiger partial charge on any atom is -0.294 e. The lowest BCUT2D eigenvalue weighted by molar-refractivity contribution is -0.115. The minimum absolute atomic E-state index is 0.364. The Kier molecular flexibility index (Phi) is 1.45. The number of ketones is 1. The third kappa shape index (κ3) is 1.05. The summed E-state index contributed by atoms with van der Waals surface area (Å²) in [6.07, 6.45) is 6.11. The number of carbonyl (C=O) groups is 1. The van der Waals surface area contributed by atoms with E-state index in [2.05, 4.69) is 13.0 Å². The van der Waals surface area contributed by atoms with Crippen LogP contribution >= 0.6 is 0 Å². The fourth-order valence-corrected chi connectivity index (χ4v) is 1.93. The summed E-state index contributed by atoms with van der Waals surface area (Å²) >= 11 is 0. The highest BCUT2D eigenvalue weighted by molar-refractivity contribution is 6.00. The second kappa shape index (κ2) is 2.33. The van der Waals surface area contributed by atoms with Crippen LogP contribution in [0.5, 0.6) is 0 Å². The highest BCUT2D eigenvalue weighted by Gasteiger charge is 2.22. The van der Waals surface area contributed by atoms with Crippen molar-refractivity contribution in [2.45, 2.75) is 32.6 Å². The molecule has 0 fully saturated rings. The Morgan fingerprint density at radius 2 is 2.18 bits per heavy atom. The molecule has 0 aliphatic heterocycles. The molecule has 0 saturated carbocycles. The molecule has 0 radical (unpaired) electrons. The lowest BCUT2D eigenvalue weighted by Crippen LogP contribution is -2.07. The van der Waals surface area contributed by atoms with Crippen LogP contribution in [0.1, 0.15) is 32.6 Å². The van der Waals surface area contributed by atoms with Crippen LogP contribution in [0, 0.1) is 0 Å². The molecule has 0 spiro atoms. The lowest BCUT2D eigenvalue weighted by Gasteiger charge is -2.11. The van der Waals surface area contributed by atoms with Gasteiger partial charge >= 0.3 is 0 Å². The quantitative estimate of drug-likeness (QED) is 0.515. The Morgan fingerprint density at radius 1 is 1.36 bits per heavy atom. The monoisotopic (exact) mass is 148 g/mol. The highest BCUT2D eigenvalue weighted by Crippen LogP contribution is 2.33. The van der Waals surface area contributed by atoms with E-state index in [4.69, 9.17) is 0 Å². The molecule has 0 saturated heterocycles. The largest absolute Gasteiger partial charge is 0.294 e. The molecule has 1 nitrogen and oxygen atoms in total. The van der Waals surface area contributed by atoms with Gasteiger partial charge in [0.1, 0.15) is 0 Å². The van der Waals surface area contributed by atoms with Crippen LogP contribution in [-0.2, 0) is 4.79 Å². The normalized spacial score (nSPS) is 23.7. The first-order chi connectivity index (χ1) is 5.27. The first kappa shape index (κ1) is 6.84. The lowest BCUT2D eigenvalue weighted by atomic mass is 9.92. The molecule has 1 heteroatoms. The van der Waals surface area contributed by atoms with Gasteiger partial charge in [0.25, 0.3) is 0 Å². The fraction of sp³-hybridized carbons (Fsp3) is 0.500. The van der Waals surface area contributed by atoms with E-state index in [0.29, 0.717) is 5.78 Å². The number of carbonyl (C=O) groups excluding carboxylic acids is 1. The molecule has 58 valence electrons. The first-order valence-electron chi connectivity index (χ1n) is 4.20. The van der Waals surface area contributed by atoms with Gasteiger partial charge in [-0.2, -0.15) is 0 Å². The van der Waals surface area contributed by atoms with Crippen molar-refractivity contribution >= 4 is 5.78 Å². The molecule has 2 rings (SSSR count). The summed E-state index contributed by atoms with van der Waals surface area (Å²) in [4.78, 5) is 11.3. The van der Waals surface area contributed by atoms with Crippen molar-refractivity contribution in [3.63, 3.8) is 0 Å². The Balaban J connectivity index is 2.35. The summed E-state index contributed by atoms with van der Waals surface area (Å²) in [5.41, 5.74) is 3.78. The second-order valence-electron chi connectivity index (χ2n) is 3.46. The van der Waals surface area contributed by atoms with Crippen molar-refractivity contribution in [2.75, 3.05) is 0 Å². The molecule has 11 heavy (non-hydrogen) atoms. The van der Waals surface area contributed by atoms with E-state index in [1.165, 1.54) is 11.1 Å². The molecule has 2 aliphatic carbocycles. The zero-order valence-corrected chi connectivity index (χ0v) is 6.81. The average molecular weight is 148 g/mol. The van der Waals surface area contributed by atoms with Crippen molar-refractivity contribution in [3.8, 4) is 0 Å². The van der Waals surface area contributed by atoms with Gasteiger partial charge in [-0.15, -0.1) is 0 Å². The molecule has 2 aliphatic rings. The average Bonchev–Trinajstić information content (AvgIpc) is 2.31. The SMILES string of the molecule is CC1=CC2=C(CCCC2=O)C1.